The van der Waals surface area contributed by atoms with Crippen molar-refractivity contribution >= 4 is 10.0 Å². The van der Waals surface area contributed by atoms with Gasteiger partial charge < -0.3 is 10.1 Å². The first-order valence-corrected chi connectivity index (χ1v) is 7.65. The Bertz CT molecular complexity index is 286. The molecule has 1 aliphatic heterocycles. The van der Waals surface area contributed by atoms with E-state index in [0.29, 0.717) is 19.1 Å². The zero-order valence-corrected chi connectivity index (χ0v) is 10.9. The summed E-state index contributed by atoms with van der Waals surface area (Å²) in [7, 11) is -3.03. The number of rotatable bonds is 7. The molecule has 1 unspecified atom stereocenters. The van der Waals surface area contributed by atoms with Crippen molar-refractivity contribution < 1.29 is 13.2 Å². The van der Waals surface area contributed by atoms with E-state index in [1.54, 1.807) is 0 Å². The van der Waals surface area contributed by atoms with Crippen molar-refractivity contribution in [2.24, 2.45) is 0 Å². The lowest BCUT2D eigenvalue weighted by molar-refractivity contribution is 0.190. The van der Waals surface area contributed by atoms with Gasteiger partial charge in [0.05, 0.1) is 12.9 Å². The molecule has 1 aliphatic rings. The molecule has 0 saturated carbocycles. The van der Waals surface area contributed by atoms with Crippen LogP contribution in [0, 0.1) is 0 Å². The molecule has 16 heavy (non-hydrogen) atoms. The van der Waals surface area contributed by atoms with Crippen molar-refractivity contribution in [2.45, 2.75) is 25.8 Å². The second kappa shape index (κ2) is 6.54. The number of nitrogens with one attached hydrogen (secondary N) is 1. The highest BCUT2D eigenvalue weighted by Gasteiger charge is 2.16. The molecular formula is C10H22N2O3S. The Morgan fingerprint density at radius 1 is 1.50 bits per heavy atom. The Morgan fingerprint density at radius 3 is 2.75 bits per heavy atom. The molecule has 0 radical (unpaired) electrons. The molecule has 1 fully saturated rings. The first kappa shape index (κ1) is 13.9. The predicted octanol–water partition coefficient (Wildman–Crippen LogP) is 0.0365. The Morgan fingerprint density at radius 2 is 2.25 bits per heavy atom. The van der Waals surface area contributed by atoms with Crippen LogP contribution in [0.5, 0.6) is 0 Å². The summed E-state index contributed by atoms with van der Waals surface area (Å²) in [6.07, 6.45) is 3.16. The third kappa shape index (κ3) is 4.78. The van der Waals surface area contributed by atoms with Crippen LogP contribution in [0.25, 0.3) is 0 Å². The maximum atomic E-state index is 11.3. The number of sulfonamides is 1. The fourth-order valence-electron chi connectivity index (χ4n) is 1.82. The third-order valence-corrected chi connectivity index (χ3v) is 4.15. The smallest absolute Gasteiger partial charge is 0.211 e. The van der Waals surface area contributed by atoms with Crippen LogP contribution in [0.4, 0.5) is 0 Å². The SMILES string of the molecule is CCN(CCCNC1CCOC1)S(C)(=O)=O. The number of nitrogens with zero attached hydrogens (tertiary/aromatic N) is 1. The number of hydrogen-bond donors (Lipinski definition) is 1. The molecule has 1 N–H and O–H groups in total. The van der Waals surface area contributed by atoms with Gasteiger partial charge >= 0.3 is 0 Å². The van der Waals surface area contributed by atoms with E-state index in [4.69, 9.17) is 4.74 Å². The molecule has 1 rings (SSSR count). The van der Waals surface area contributed by atoms with E-state index >= 15 is 0 Å². The molecule has 0 spiro atoms. The first-order chi connectivity index (χ1) is 7.54. The van der Waals surface area contributed by atoms with Crippen LogP contribution in [-0.4, -0.2) is 57.9 Å². The van der Waals surface area contributed by atoms with Gasteiger partial charge in [0.25, 0.3) is 0 Å². The minimum atomic E-state index is -3.03. The second-order valence-corrected chi connectivity index (χ2v) is 6.11. The third-order valence-electron chi connectivity index (χ3n) is 2.77. The lowest BCUT2D eigenvalue weighted by Gasteiger charge is -2.18. The lowest BCUT2D eigenvalue weighted by Crippen LogP contribution is -2.35. The monoisotopic (exact) mass is 250 g/mol. The minimum absolute atomic E-state index is 0.452. The highest BCUT2D eigenvalue weighted by Crippen LogP contribution is 2.03. The molecule has 0 amide bonds. The van der Waals surface area contributed by atoms with E-state index in [9.17, 15) is 8.42 Å². The molecule has 96 valence electrons. The number of hydrogen-bond acceptors (Lipinski definition) is 4. The topological polar surface area (TPSA) is 58.6 Å². The van der Waals surface area contributed by atoms with Gasteiger partial charge in [0.15, 0.2) is 0 Å². The molecule has 0 aromatic rings. The summed E-state index contributed by atoms with van der Waals surface area (Å²) in [4.78, 5) is 0. The maximum Gasteiger partial charge on any atom is 0.211 e. The summed E-state index contributed by atoms with van der Waals surface area (Å²) in [5, 5.41) is 3.37. The summed E-state index contributed by atoms with van der Waals surface area (Å²) >= 11 is 0. The van der Waals surface area contributed by atoms with Crippen molar-refractivity contribution in [3.63, 3.8) is 0 Å². The molecular weight excluding hydrogens is 228 g/mol. The highest BCUT2D eigenvalue weighted by molar-refractivity contribution is 7.88. The maximum absolute atomic E-state index is 11.3. The van der Waals surface area contributed by atoms with Crippen LogP contribution in [-0.2, 0) is 14.8 Å². The van der Waals surface area contributed by atoms with Gasteiger partial charge in [-0.1, -0.05) is 6.92 Å². The first-order valence-electron chi connectivity index (χ1n) is 5.80. The van der Waals surface area contributed by atoms with E-state index < -0.39 is 10.0 Å². The van der Waals surface area contributed by atoms with Crippen molar-refractivity contribution in [3.8, 4) is 0 Å². The average molecular weight is 250 g/mol. The predicted molar refractivity (Wildman–Crippen MR) is 63.9 cm³/mol. The van der Waals surface area contributed by atoms with Crippen LogP contribution < -0.4 is 5.32 Å². The fraction of sp³-hybridized carbons (Fsp3) is 1.00. The Balaban J connectivity index is 2.13. The van der Waals surface area contributed by atoms with Gasteiger partial charge in [-0.25, -0.2) is 12.7 Å². The molecule has 0 aromatic heterocycles. The molecule has 1 atom stereocenters. The van der Waals surface area contributed by atoms with E-state index in [1.165, 1.54) is 10.6 Å². The van der Waals surface area contributed by atoms with Gasteiger partial charge in [-0.05, 0) is 19.4 Å². The summed E-state index contributed by atoms with van der Waals surface area (Å²) in [6.45, 7) is 5.46. The van der Waals surface area contributed by atoms with Crippen LogP contribution in [0.15, 0.2) is 0 Å². The van der Waals surface area contributed by atoms with E-state index in [0.717, 1.165) is 32.6 Å². The van der Waals surface area contributed by atoms with Gasteiger partial charge in [0, 0.05) is 25.7 Å². The van der Waals surface area contributed by atoms with Crippen molar-refractivity contribution in [2.75, 3.05) is 39.1 Å². The van der Waals surface area contributed by atoms with Crippen LogP contribution in [0.1, 0.15) is 19.8 Å². The van der Waals surface area contributed by atoms with E-state index in [2.05, 4.69) is 5.32 Å². The van der Waals surface area contributed by atoms with E-state index in [-0.39, 0.29) is 0 Å². The van der Waals surface area contributed by atoms with Crippen LogP contribution >= 0.6 is 0 Å². The molecule has 0 bridgehead atoms. The lowest BCUT2D eigenvalue weighted by atomic mass is 10.2. The van der Waals surface area contributed by atoms with Gasteiger partial charge in [-0.3, -0.25) is 0 Å². The van der Waals surface area contributed by atoms with Gasteiger partial charge in [-0.2, -0.15) is 0 Å². The molecule has 6 heteroatoms. The Kier molecular flexibility index (Phi) is 5.68. The summed E-state index contributed by atoms with van der Waals surface area (Å²) in [6, 6.07) is 0.452. The zero-order valence-electron chi connectivity index (χ0n) is 10.1. The largest absolute Gasteiger partial charge is 0.380 e. The minimum Gasteiger partial charge on any atom is -0.380 e. The van der Waals surface area contributed by atoms with Gasteiger partial charge in [0.1, 0.15) is 0 Å². The number of ether oxygens (including phenoxy) is 1. The van der Waals surface area contributed by atoms with Gasteiger partial charge in [-0.15, -0.1) is 0 Å². The van der Waals surface area contributed by atoms with Crippen molar-refractivity contribution in [1.82, 2.24) is 9.62 Å². The summed E-state index contributed by atoms with van der Waals surface area (Å²) in [5.41, 5.74) is 0. The Labute approximate surface area is 98.2 Å². The van der Waals surface area contributed by atoms with Crippen molar-refractivity contribution in [3.05, 3.63) is 0 Å². The van der Waals surface area contributed by atoms with E-state index in [1.807, 2.05) is 6.92 Å². The second-order valence-electron chi connectivity index (χ2n) is 4.12. The normalized spacial score (nSPS) is 21.8. The van der Waals surface area contributed by atoms with Crippen LogP contribution in [0.2, 0.25) is 0 Å². The Hall–Kier alpha value is -0.170. The molecule has 0 aromatic carbocycles. The quantitative estimate of drug-likeness (QED) is 0.648. The van der Waals surface area contributed by atoms with Crippen molar-refractivity contribution in [1.29, 1.82) is 0 Å². The zero-order chi connectivity index (χ0) is 12.0. The summed E-state index contributed by atoms with van der Waals surface area (Å²) in [5.74, 6) is 0. The highest BCUT2D eigenvalue weighted by atomic mass is 32.2. The van der Waals surface area contributed by atoms with Gasteiger partial charge in [0.2, 0.25) is 10.0 Å². The molecule has 0 aliphatic carbocycles. The summed E-state index contributed by atoms with van der Waals surface area (Å²) < 4.78 is 29.3. The average Bonchev–Trinajstić information content (AvgIpc) is 2.68. The molecule has 5 nitrogen and oxygen atoms in total. The van der Waals surface area contributed by atoms with Crippen LogP contribution in [0.3, 0.4) is 0 Å². The standard InChI is InChI=1S/C10H22N2O3S/c1-3-12(16(2,13)14)7-4-6-11-10-5-8-15-9-10/h10-11H,3-9H2,1-2H3. The molecule has 1 saturated heterocycles. The molecule has 1 heterocycles. The fourth-order valence-corrected chi connectivity index (χ4v) is 2.75.